The number of aliphatic hydroxyl groups is 1. The Morgan fingerprint density at radius 3 is 2.53 bits per heavy atom. The maximum absolute atomic E-state index is 13.8. The van der Waals surface area contributed by atoms with Crippen LogP contribution in [0, 0.1) is 5.82 Å². The number of likely N-dealkylation sites (tertiary alicyclic amines) is 2. The van der Waals surface area contributed by atoms with Gasteiger partial charge in [0.2, 0.25) is 5.91 Å². The molecule has 0 aliphatic carbocycles. The summed E-state index contributed by atoms with van der Waals surface area (Å²) in [7, 11) is 0. The Hall–Kier alpha value is -2.32. The quantitative estimate of drug-likeness (QED) is 0.743. The second-order valence-electron chi connectivity index (χ2n) is 9.14. The van der Waals surface area contributed by atoms with Gasteiger partial charge in [-0.25, -0.2) is 4.39 Å². The Bertz CT molecular complexity index is 944. The van der Waals surface area contributed by atoms with Crippen LogP contribution >= 0.6 is 0 Å². The van der Waals surface area contributed by atoms with Crippen molar-refractivity contribution in [1.82, 2.24) is 14.7 Å². The molecule has 3 fully saturated rings. The van der Waals surface area contributed by atoms with Gasteiger partial charge < -0.3 is 14.7 Å². The third-order valence-corrected chi connectivity index (χ3v) is 7.27. The van der Waals surface area contributed by atoms with Crippen molar-refractivity contribution in [1.29, 1.82) is 0 Å². The standard InChI is InChI=1S/C25H30FN3O3/c26-21-8-4-5-19(13-21)14-29-22(16-30)24(20-6-2-1-3-7-20)25(29)17-28(18-25)23(31)15-27-9-11-32-12-10-27/h1-8,13,22,24,30H,9-12,14-18H2/t22-,24-/m1/s1. The molecule has 3 saturated heterocycles. The van der Waals surface area contributed by atoms with E-state index in [1.807, 2.05) is 29.2 Å². The third-order valence-electron chi connectivity index (χ3n) is 7.27. The average Bonchev–Trinajstić information content (AvgIpc) is 2.77. The van der Waals surface area contributed by atoms with Gasteiger partial charge in [-0.3, -0.25) is 14.6 Å². The van der Waals surface area contributed by atoms with Crippen LogP contribution in [0.3, 0.4) is 0 Å². The summed E-state index contributed by atoms with van der Waals surface area (Å²) in [5.74, 6) is 0.0188. The first kappa shape index (κ1) is 21.5. The van der Waals surface area contributed by atoms with Crippen LogP contribution in [-0.4, -0.2) is 89.8 Å². The fraction of sp³-hybridized carbons (Fsp3) is 0.480. The normalized spacial score (nSPS) is 25.4. The van der Waals surface area contributed by atoms with Gasteiger partial charge in [0.25, 0.3) is 0 Å². The topological polar surface area (TPSA) is 56.3 Å². The minimum Gasteiger partial charge on any atom is -0.395 e. The third kappa shape index (κ3) is 3.83. The minimum absolute atomic E-state index is 0.0261. The number of aliphatic hydroxyl groups excluding tert-OH is 1. The highest BCUT2D eigenvalue weighted by molar-refractivity contribution is 5.80. The van der Waals surface area contributed by atoms with Crippen molar-refractivity contribution in [2.75, 3.05) is 52.5 Å². The van der Waals surface area contributed by atoms with Gasteiger partial charge in [-0.1, -0.05) is 42.5 Å². The number of hydrogen-bond acceptors (Lipinski definition) is 5. The number of ether oxygens (including phenoxy) is 1. The smallest absolute Gasteiger partial charge is 0.236 e. The zero-order valence-corrected chi connectivity index (χ0v) is 18.2. The summed E-state index contributed by atoms with van der Waals surface area (Å²) in [4.78, 5) is 19.3. The van der Waals surface area contributed by atoms with E-state index in [1.54, 1.807) is 12.1 Å². The van der Waals surface area contributed by atoms with Gasteiger partial charge in [0.1, 0.15) is 5.82 Å². The van der Waals surface area contributed by atoms with Gasteiger partial charge >= 0.3 is 0 Å². The van der Waals surface area contributed by atoms with E-state index in [-0.39, 0.29) is 35.8 Å². The van der Waals surface area contributed by atoms with Crippen LogP contribution in [-0.2, 0) is 16.1 Å². The maximum Gasteiger partial charge on any atom is 0.236 e. The van der Waals surface area contributed by atoms with E-state index < -0.39 is 0 Å². The summed E-state index contributed by atoms with van der Waals surface area (Å²) in [6, 6.07) is 16.8. The molecule has 2 atom stereocenters. The van der Waals surface area contributed by atoms with Gasteiger partial charge in [0.15, 0.2) is 0 Å². The number of hydrogen-bond donors (Lipinski definition) is 1. The molecule has 0 aromatic heterocycles. The first-order valence-electron chi connectivity index (χ1n) is 11.4. The predicted octanol–water partition coefficient (Wildman–Crippen LogP) is 1.70. The highest BCUT2D eigenvalue weighted by Gasteiger charge is 2.66. The molecule has 32 heavy (non-hydrogen) atoms. The summed E-state index contributed by atoms with van der Waals surface area (Å²) in [5, 5.41) is 10.2. The molecule has 6 nitrogen and oxygen atoms in total. The second-order valence-corrected chi connectivity index (χ2v) is 9.14. The number of morpholine rings is 1. The molecule has 1 amide bonds. The number of nitrogens with zero attached hydrogens (tertiary/aromatic N) is 3. The van der Waals surface area contributed by atoms with Crippen molar-refractivity contribution in [3.63, 3.8) is 0 Å². The molecule has 0 bridgehead atoms. The Balaban J connectivity index is 1.35. The van der Waals surface area contributed by atoms with Gasteiger partial charge in [-0.05, 0) is 23.3 Å². The Kier molecular flexibility index (Phi) is 5.99. The highest BCUT2D eigenvalue weighted by Crippen LogP contribution is 2.54. The Morgan fingerprint density at radius 1 is 1.09 bits per heavy atom. The molecule has 0 unspecified atom stereocenters. The highest BCUT2D eigenvalue weighted by atomic mass is 19.1. The van der Waals surface area contributed by atoms with E-state index >= 15 is 0 Å². The van der Waals surface area contributed by atoms with Crippen LogP contribution in [0.25, 0.3) is 0 Å². The van der Waals surface area contributed by atoms with Crippen molar-refractivity contribution >= 4 is 5.91 Å². The molecule has 3 aliphatic heterocycles. The summed E-state index contributed by atoms with van der Waals surface area (Å²) in [5.41, 5.74) is 1.83. The first-order valence-corrected chi connectivity index (χ1v) is 11.4. The van der Waals surface area contributed by atoms with Crippen molar-refractivity contribution in [2.24, 2.45) is 0 Å². The average molecular weight is 440 g/mol. The van der Waals surface area contributed by atoms with Crippen LogP contribution in [0.1, 0.15) is 17.0 Å². The van der Waals surface area contributed by atoms with E-state index in [1.165, 1.54) is 11.6 Å². The molecule has 0 saturated carbocycles. The molecular formula is C25H30FN3O3. The van der Waals surface area contributed by atoms with Crippen LogP contribution in [0.4, 0.5) is 4.39 Å². The number of amides is 1. The first-order chi connectivity index (χ1) is 15.6. The molecular weight excluding hydrogens is 409 g/mol. The lowest BCUT2D eigenvalue weighted by Gasteiger charge is -2.71. The SMILES string of the molecule is O=C(CN1CCOCC1)N1CC2(C1)[C@H](c1ccccc1)[C@@H](CO)N2Cc1cccc(F)c1. The van der Waals surface area contributed by atoms with E-state index in [9.17, 15) is 14.3 Å². The van der Waals surface area contributed by atoms with Crippen molar-refractivity contribution < 1.29 is 19.0 Å². The fourth-order valence-corrected chi connectivity index (χ4v) is 5.69. The number of rotatable bonds is 6. The Labute approximate surface area is 188 Å². The van der Waals surface area contributed by atoms with Crippen LogP contribution in [0.2, 0.25) is 0 Å². The van der Waals surface area contributed by atoms with Crippen LogP contribution < -0.4 is 0 Å². The summed E-state index contributed by atoms with van der Waals surface area (Å²) in [6.07, 6.45) is 0. The molecule has 7 heteroatoms. The molecule has 2 aromatic carbocycles. The number of halogens is 1. The molecule has 3 aliphatic rings. The van der Waals surface area contributed by atoms with E-state index in [4.69, 9.17) is 4.74 Å². The van der Waals surface area contributed by atoms with E-state index in [2.05, 4.69) is 21.9 Å². The van der Waals surface area contributed by atoms with Crippen LogP contribution in [0.15, 0.2) is 54.6 Å². The van der Waals surface area contributed by atoms with Crippen molar-refractivity contribution in [2.45, 2.75) is 24.0 Å². The van der Waals surface area contributed by atoms with E-state index in [0.29, 0.717) is 39.4 Å². The number of carbonyl (C=O) groups is 1. The second kappa shape index (κ2) is 8.90. The number of carbonyl (C=O) groups excluding carboxylic acids is 1. The number of benzene rings is 2. The molecule has 5 rings (SSSR count). The lowest BCUT2D eigenvalue weighted by atomic mass is 9.60. The van der Waals surface area contributed by atoms with Gasteiger partial charge in [0, 0.05) is 44.7 Å². The largest absolute Gasteiger partial charge is 0.395 e. The van der Waals surface area contributed by atoms with Crippen molar-refractivity contribution in [3.05, 3.63) is 71.5 Å². The molecule has 0 radical (unpaired) electrons. The molecule has 1 spiro atoms. The fourth-order valence-electron chi connectivity index (χ4n) is 5.69. The molecule has 170 valence electrons. The van der Waals surface area contributed by atoms with Crippen LogP contribution in [0.5, 0.6) is 0 Å². The van der Waals surface area contributed by atoms with Crippen molar-refractivity contribution in [3.8, 4) is 0 Å². The maximum atomic E-state index is 13.8. The summed E-state index contributed by atoms with van der Waals surface area (Å²) in [6.45, 7) is 5.17. The Morgan fingerprint density at radius 2 is 1.84 bits per heavy atom. The molecule has 3 heterocycles. The van der Waals surface area contributed by atoms with Gasteiger partial charge in [-0.15, -0.1) is 0 Å². The lowest BCUT2D eigenvalue weighted by molar-refractivity contribution is -0.200. The zero-order chi connectivity index (χ0) is 22.1. The van der Waals surface area contributed by atoms with Gasteiger partial charge in [0.05, 0.1) is 31.9 Å². The van der Waals surface area contributed by atoms with Gasteiger partial charge in [-0.2, -0.15) is 0 Å². The zero-order valence-electron chi connectivity index (χ0n) is 18.2. The lowest BCUT2D eigenvalue weighted by Crippen LogP contribution is -2.84. The van der Waals surface area contributed by atoms with E-state index in [0.717, 1.165) is 18.7 Å². The predicted molar refractivity (Wildman–Crippen MR) is 119 cm³/mol. The molecule has 2 aromatic rings. The summed E-state index contributed by atoms with van der Waals surface area (Å²) < 4.78 is 19.2. The molecule has 1 N–H and O–H groups in total. The minimum atomic E-state index is -0.256. The monoisotopic (exact) mass is 439 g/mol. The summed E-state index contributed by atoms with van der Waals surface area (Å²) >= 11 is 0.